The standard InChI is InChI=1S/C16H19NO/c1-11-4-6-14(8-12(11)2)15-9-13(10-17)5-7-16(15)18-3/h4-9H,10,17H2,1-3H3. The van der Waals surface area contributed by atoms with Gasteiger partial charge in [0.15, 0.2) is 0 Å². The summed E-state index contributed by atoms with van der Waals surface area (Å²) in [6, 6.07) is 12.5. The monoisotopic (exact) mass is 241 g/mol. The summed E-state index contributed by atoms with van der Waals surface area (Å²) < 4.78 is 5.43. The predicted molar refractivity (Wildman–Crippen MR) is 75.8 cm³/mol. The van der Waals surface area contributed by atoms with Gasteiger partial charge in [-0.15, -0.1) is 0 Å². The first-order valence-electron chi connectivity index (χ1n) is 6.10. The van der Waals surface area contributed by atoms with Crippen molar-refractivity contribution in [3.8, 4) is 16.9 Å². The van der Waals surface area contributed by atoms with Gasteiger partial charge in [-0.1, -0.05) is 24.3 Å². The van der Waals surface area contributed by atoms with E-state index in [1.165, 1.54) is 16.7 Å². The number of aryl methyl sites for hydroxylation is 2. The lowest BCUT2D eigenvalue weighted by atomic mass is 9.98. The van der Waals surface area contributed by atoms with E-state index in [1.807, 2.05) is 12.1 Å². The molecule has 0 bridgehead atoms. The number of ether oxygens (including phenoxy) is 1. The van der Waals surface area contributed by atoms with Crippen LogP contribution in [0, 0.1) is 13.8 Å². The molecule has 18 heavy (non-hydrogen) atoms. The van der Waals surface area contributed by atoms with Gasteiger partial charge in [0.2, 0.25) is 0 Å². The normalized spacial score (nSPS) is 10.4. The Balaban J connectivity index is 2.57. The smallest absolute Gasteiger partial charge is 0.126 e. The molecule has 2 rings (SSSR count). The highest BCUT2D eigenvalue weighted by Gasteiger charge is 2.07. The molecule has 0 spiro atoms. The lowest BCUT2D eigenvalue weighted by Crippen LogP contribution is -1.97. The number of hydrogen-bond donors (Lipinski definition) is 1. The van der Waals surface area contributed by atoms with E-state index < -0.39 is 0 Å². The van der Waals surface area contributed by atoms with Gasteiger partial charge in [0, 0.05) is 12.1 Å². The SMILES string of the molecule is COc1ccc(CN)cc1-c1ccc(C)c(C)c1. The molecule has 0 amide bonds. The van der Waals surface area contributed by atoms with Gasteiger partial charge in [-0.05, 0) is 48.2 Å². The van der Waals surface area contributed by atoms with Crippen molar-refractivity contribution in [2.24, 2.45) is 5.73 Å². The lowest BCUT2D eigenvalue weighted by molar-refractivity contribution is 0.416. The molecular formula is C16H19NO. The quantitative estimate of drug-likeness (QED) is 0.893. The maximum absolute atomic E-state index is 5.70. The summed E-state index contributed by atoms with van der Waals surface area (Å²) in [4.78, 5) is 0. The molecule has 0 atom stereocenters. The molecule has 2 aromatic rings. The van der Waals surface area contributed by atoms with E-state index in [9.17, 15) is 0 Å². The van der Waals surface area contributed by atoms with E-state index in [4.69, 9.17) is 10.5 Å². The van der Waals surface area contributed by atoms with Crippen molar-refractivity contribution in [3.05, 3.63) is 53.1 Å². The highest BCUT2D eigenvalue weighted by Crippen LogP contribution is 2.31. The molecule has 0 radical (unpaired) electrons. The molecule has 0 fully saturated rings. The van der Waals surface area contributed by atoms with Crippen molar-refractivity contribution in [3.63, 3.8) is 0 Å². The van der Waals surface area contributed by atoms with Crippen LogP contribution in [0.15, 0.2) is 36.4 Å². The fourth-order valence-corrected chi connectivity index (χ4v) is 2.02. The zero-order valence-corrected chi connectivity index (χ0v) is 11.2. The molecule has 2 N–H and O–H groups in total. The van der Waals surface area contributed by atoms with Crippen molar-refractivity contribution in [2.45, 2.75) is 20.4 Å². The maximum Gasteiger partial charge on any atom is 0.126 e. The van der Waals surface area contributed by atoms with Crippen molar-refractivity contribution < 1.29 is 4.74 Å². The largest absolute Gasteiger partial charge is 0.496 e. The zero-order valence-electron chi connectivity index (χ0n) is 11.2. The number of benzene rings is 2. The van der Waals surface area contributed by atoms with Crippen LogP contribution in [0.5, 0.6) is 5.75 Å². The summed E-state index contributed by atoms with van der Waals surface area (Å²) in [7, 11) is 1.70. The fourth-order valence-electron chi connectivity index (χ4n) is 2.02. The minimum Gasteiger partial charge on any atom is -0.496 e. The Bertz CT molecular complexity index is 561. The number of hydrogen-bond acceptors (Lipinski definition) is 2. The average molecular weight is 241 g/mol. The maximum atomic E-state index is 5.70. The van der Waals surface area contributed by atoms with Crippen LogP contribution in [0.4, 0.5) is 0 Å². The summed E-state index contributed by atoms with van der Waals surface area (Å²) in [5, 5.41) is 0. The van der Waals surface area contributed by atoms with Gasteiger partial charge >= 0.3 is 0 Å². The number of nitrogens with two attached hydrogens (primary N) is 1. The Labute approximate surface area is 108 Å². The highest BCUT2D eigenvalue weighted by atomic mass is 16.5. The third-order valence-corrected chi connectivity index (χ3v) is 3.32. The van der Waals surface area contributed by atoms with Crippen LogP contribution in [-0.4, -0.2) is 7.11 Å². The minimum absolute atomic E-state index is 0.543. The van der Waals surface area contributed by atoms with Gasteiger partial charge < -0.3 is 10.5 Å². The first kappa shape index (κ1) is 12.7. The second-order valence-corrected chi connectivity index (χ2v) is 4.54. The summed E-state index contributed by atoms with van der Waals surface area (Å²) in [5.41, 5.74) is 11.7. The Morgan fingerprint density at radius 3 is 2.39 bits per heavy atom. The summed E-state index contributed by atoms with van der Waals surface area (Å²) in [6.45, 7) is 4.78. The van der Waals surface area contributed by atoms with Gasteiger partial charge in [-0.2, -0.15) is 0 Å². The van der Waals surface area contributed by atoms with E-state index in [-0.39, 0.29) is 0 Å². The first-order valence-corrected chi connectivity index (χ1v) is 6.10. The fraction of sp³-hybridized carbons (Fsp3) is 0.250. The van der Waals surface area contributed by atoms with E-state index in [0.717, 1.165) is 16.9 Å². The summed E-state index contributed by atoms with van der Waals surface area (Å²) in [6.07, 6.45) is 0. The van der Waals surface area contributed by atoms with Crippen molar-refractivity contribution in [1.29, 1.82) is 0 Å². The predicted octanol–water partition coefficient (Wildman–Crippen LogP) is 3.44. The third-order valence-electron chi connectivity index (χ3n) is 3.32. The Morgan fingerprint density at radius 1 is 1.00 bits per heavy atom. The molecule has 2 aromatic carbocycles. The summed E-state index contributed by atoms with van der Waals surface area (Å²) >= 11 is 0. The Morgan fingerprint density at radius 2 is 1.78 bits per heavy atom. The molecular weight excluding hydrogens is 222 g/mol. The molecule has 0 saturated carbocycles. The van der Waals surface area contributed by atoms with Gasteiger partial charge in [0.25, 0.3) is 0 Å². The molecule has 0 aromatic heterocycles. The van der Waals surface area contributed by atoms with Crippen LogP contribution in [0.3, 0.4) is 0 Å². The molecule has 0 aliphatic heterocycles. The van der Waals surface area contributed by atoms with E-state index in [1.54, 1.807) is 7.11 Å². The van der Waals surface area contributed by atoms with E-state index >= 15 is 0 Å². The number of methoxy groups -OCH3 is 1. The minimum atomic E-state index is 0.543. The van der Waals surface area contributed by atoms with Gasteiger partial charge in [0.05, 0.1) is 7.11 Å². The second-order valence-electron chi connectivity index (χ2n) is 4.54. The van der Waals surface area contributed by atoms with Crippen LogP contribution in [0.2, 0.25) is 0 Å². The lowest BCUT2D eigenvalue weighted by Gasteiger charge is -2.12. The summed E-state index contributed by atoms with van der Waals surface area (Å²) in [5.74, 6) is 0.885. The van der Waals surface area contributed by atoms with Gasteiger partial charge in [-0.3, -0.25) is 0 Å². The van der Waals surface area contributed by atoms with Crippen LogP contribution in [0.1, 0.15) is 16.7 Å². The van der Waals surface area contributed by atoms with Gasteiger partial charge in [0.1, 0.15) is 5.75 Å². The zero-order chi connectivity index (χ0) is 13.1. The Hall–Kier alpha value is -1.80. The second kappa shape index (κ2) is 5.23. The van der Waals surface area contributed by atoms with Gasteiger partial charge in [-0.25, -0.2) is 0 Å². The van der Waals surface area contributed by atoms with E-state index in [0.29, 0.717) is 6.54 Å². The molecule has 0 aliphatic rings. The van der Waals surface area contributed by atoms with Crippen LogP contribution >= 0.6 is 0 Å². The molecule has 0 aliphatic carbocycles. The topological polar surface area (TPSA) is 35.2 Å². The molecule has 94 valence electrons. The van der Waals surface area contributed by atoms with Crippen molar-refractivity contribution >= 4 is 0 Å². The Kier molecular flexibility index (Phi) is 3.68. The van der Waals surface area contributed by atoms with Crippen LogP contribution in [-0.2, 0) is 6.54 Å². The molecule has 0 heterocycles. The van der Waals surface area contributed by atoms with E-state index in [2.05, 4.69) is 38.1 Å². The molecule has 0 saturated heterocycles. The average Bonchev–Trinajstić information content (AvgIpc) is 2.41. The first-order chi connectivity index (χ1) is 8.65. The molecule has 2 nitrogen and oxygen atoms in total. The highest BCUT2D eigenvalue weighted by molar-refractivity contribution is 5.72. The molecule has 2 heteroatoms. The number of rotatable bonds is 3. The van der Waals surface area contributed by atoms with Crippen molar-refractivity contribution in [2.75, 3.05) is 7.11 Å². The van der Waals surface area contributed by atoms with Crippen molar-refractivity contribution in [1.82, 2.24) is 0 Å². The van der Waals surface area contributed by atoms with Crippen LogP contribution < -0.4 is 10.5 Å². The molecule has 0 unspecified atom stereocenters. The van der Waals surface area contributed by atoms with Crippen LogP contribution in [0.25, 0.3) is 11.1 Å². The third kappa shape index (κ3) is 2.39.